The van der Waals surface area contributed by atoms with Crippen LogP contribution in [0.4, 0.5) is 4.39 Å². The second-order valence-electron chi connectivity index (χ2n) is 7.68. The van der Waals surface area contributed by atoms with Crippen LogP contribution in [0.5, 0.6) is 0 Å². The SMILES string of the molecule is CCNC(=NCCc1ccn(-c2ccc(F)cc2)n1)NC1CCC(C(=O)OCC)CC1.I. The first-order valence-corrected chi connectivity index (χ1v) is 11.1. The largest absolute Gasteiger partial charge is 0.466 e. The predicted octanol–water partition coefficient (Wildman–Crippen LogP) is 3.85. The van der Waals surface area contributed by atoms with Crippen LogP contribution >= 0.6 is 24.0 Å². The van der Waals surface area contributed by atoms with Gasteiger partial charge in [-0.1, -0.05) is 0 Å². The lowest BCUT2D eigenvalue weighted by atomic mass is 9.86. The number of esters is 1. The summed E-state index contributed by atoms with van der Waals surface area (Å²) >= 11 is 0. The van der Waals surface area contributed by atoms with Crippen LogP contribution in [0.1, 0.15) is 45.2 Å². The van der Waals surface area contributed by atoms with Crippen molar-refractivity contribution < 1.29 is 13.9 Å². The Labute approximate surface area is 206 Å². The summed E-state index contributed by atoms with van der Waals surface area (Å²) in [4.78, 5) is 16.6. The minimum Gasteiger partial charge on any atom is -0.466 e. The van der Waals surface area contributed by atoms with Crippen molar-refractivity contribution in [1.29, 1.82) is 0 Å². The van der Waals surface area contributed by atoms with Gasteiger partial charge in [0.05, 0.1) is 23.9 Å². The highest BCUT2D eigenvalue weighted by Crippen LogP contribution is 2.25. The molecule has 0 aliphatic heterocycles. The summed E-state index contributed by atoms with van der Waals surface area (Å²) in [5, 5.41) is 11.3. The maximum absolute atomic E-state index is 13.1. The molecule has 2 aromatic rings. The molecule has 176 valence electrons. The van der Waals surface area contributed by atoms with Crippen molar-refractivity contribution in [3.8, 4) is 5.69 Å². The van der Waals surface area contributed by atoms with Gasteiger partial charge >= 0.3 is 5.97 Å². The van der Waals surface area contributed by atoms with Gasteiger partial charge in [0.1, 0.15) is 5.82 Å². The molecule has 1 aromatic carbocycles. The lowest BCUT2D eigenvalue weighted by molar-refractivity contribution is -0.149. The van der Waals surface area contributed by atoms with Gasteiger partial charge in [0.15, 0.2) is 5.96 Å². The van der Waals surface area contributed by atoms with Crippen LogP contribution in [-0.2, 0) is 16.0 Å². The minimum absolute atomic E-state index is 0. The second-order valence-corrected chi connectivity index (χ2v) is 7.68. The van der Waals surface area contributed by atoms with Crippen molar-refractivity contribution in [2.24, 2.45) is 10.9 Å². The molecule has 1 aliphatic carbocycles. The predicted molar refractivity (Wildman–Crippen MR) is 134 cm³/mol. The third kappa shape index (κ3) is 7.75. The standard InChI is InChI=1S/C23H32FN5O2.HI/c1-3-25-23(27-19-9-5-17(6-10-19)22(30)31-4-2)26-15-13-20-14-16-29(28-20)21-11-7-18(24)8-12-21;/h7-8,11-12,14,16-17,19H,3-6,9-10,13,15H2,1-2H3,(H2,25,26,27);1H. The van der Waals surface area contributed by atoms with E-state index in [0.717, 1.165) is 49.6 Å². The molecule has 0 unspecified atom stereocenters. The van der Waals surface area contributed by atoms with Crippen LogP contribution in [-0.4, -0.2) is 47.4 Å². The molecule has 0 spiro atoms. The highest BCUT2D eigenvalue weighted by molar-refractivity contribution is 14.0. The van der Waals surface area contributed by atoms with Crippen LogP contribution < -0.4 is 10.6 Å². The Kier molecular flexibility index (Phi) is 10.9. The molecule has 9 heteroatoms. The normalized spacial score (nSPS) is 18.5. The van der Waals surface area contributed by atoms with E-state index in [1.807, 2.05) is 26.1 Å². The molecular formula is C23H33FIN5O2. The van der Waals surface area contributed by atoms with Gasteiger partial charge in [-0.3, -0.25) is 9.79 Å². The first-order valence-electron chi connectivity index (χ1n) is 11.1. The van der Waals surface area contributed by atoms with Crippen LogP contribution in [0, 0.1) is 11.7 Å². The Balaban J connectivity index is 0.00000363. The molecule has 1 saturated carbocycles. The van der Waals surface area contributed by atoms with E-state index in [2.05, 4.69) is 20.7 Å². The van der Waals surface area contributed by atoms with Gasteiger partial charge in [0.2, 0.25) is 0 Å². The number of nitrogens with zero attached hydrogens (tertiary/aromatic N) is 3. The van der Waals surface area contributed by atoms with E-state index < -0.39 is 0 Å². The lowest BCUT2D eigenvalue weighted by Gasteiger charge is -2.29. The van der Waals surface area contributed by atoms with E-state index in [9.17, 15) is 9.18 Å². The number of hydrogen-bond acceptors (Lipinski definition) is 4. The van der Waals surface area contributed by atoms with E-state index in [4.69, 9.17) is 4.74 Å². The molecule has 1 aliphatic rings. The fourth-order valence-corrected chi connectivity index (χ4v) is 3.76. The molecule has 0 atom stereocenters. The molecular weight excluding hydrogens is 524 g/mol. The van der Waals surface area contributed by atoms with E-state index >= 15 is 0 Å². The zero-order chi connectivity index (χ0) is 22.1. The summed E-state index contributed by atoms with van der Waals surface area (Å²) in [6.45, 7) is 5.71. The zero-order valence-electron chi connectivity index (χ0n) is 18.7. The van der Waals surface area contributed by atoms with Crippen LogP contribution in [0.15, 0.2) is 41.5 Å². The monoisotopic (exact) mass is 557 g/mol. The molecule has 0 amide bonds. The first kappa shape index (κ1) is 26.1. The maximum Gasteiger partial charge on any atom is 0.308 e. The molecule has 0 bridgehead atoms. The molecule has 1 heterocycles. The summed E-state index contributed by atoms with van der Waals surface area (Å²) in [6.07, 6.45) is 6.12. The summed E-state index contributed by atoms with van der Waals surface area (Å²) in [7, 11) is 0. The molecule has 2 N–H and O–H groups in total. The molecule has 32 heavy (non-hydrogen) atoms. The van der Waals surface area contributed by atoms with Crippen LogP contribution in [0.25, 0.3) is 5.69 Å². The number of aromatic nitrogens is 2. The Bertz CT molecular complexity index is 864. The van der Waals surface area contributed by atoms with Gasteiger partial charge in [-0.05, 0) is 69.9 Å². The fraction of sp³-hybridized carbons (Fsp3) is 0.522. The Morgan fingerprint density at radius 2 is 1.91 bits per heavy atom. The van der Waals surface area contributed by atoms with Crippen molar-refractivity contribution in [2.75, 3.05) is 19.7 Å². The average Bonchev–Trinajstić information content (AvgIpc) is 3.24. The molecule has 7 nitrogen and oxygen atoms in total. The van der Waals surface area contributed by atoms with Crippen molar-refractivity contribution in [3.05, 3.63) is 48.0 Å². The highest BCUT2D eigenvalue weighted by Gasteiger charge is 2.27. The minimum atomic E-state index is -0.261. The summed E-state index contributed by atoms with van der Waals surface area (Å²) in [5.74, 6) is 0.485. The molecule has 1 fully saturated rings. The summed E-state index contributed by atoms with van der Waals surface area (Å²) in [5.41, 5.74) is 1.75. The van der Waals surface area contributed by atoms with Crippen molar-refractivity contribution in [1.82, 2.24) is 20.4 Å². The fourth-order valence-electron chi connectivity index (χ4n) is 3.76. The van der Waals surface area contributed by atoms with Gasteiger partial charge < -0.3 is 15.4 Å². The lowest BCUT2D eigenvalue weighted by Crippen LogP contribution is -2.45. The van der Waals surface area contributed by atoms with E-state index in [1.54, 1.807) is 16.8 Å². The van der Waals surface area contributed by atoms with Crippen molar-refractivity contribution >= 4 is 35.9 Å². The number of carbonyl (C=O) groups excluding carboxylic acids is 1. The third-order valence-corrected chi connectivity index (χ3v) is 5.41. The molecule has 3 rings (SSSR count). The summed E-state index contributed by atoms with van der Waals surface area (Å²) in [6, 6.07) is 8.52. The second kappa shape index (κ2) is 13.4. The van der Waals surface area contributed by atoms with Gasteiger partial charge in [-0.2, -0.15) is 5.10 Å². The van der Waals surface area contributed by atoms with Gasteiger partial charge in [-0.25, -0.2) is 9.07 Å². The topological polar surface area (TPSA) is 80.5 Å². The number of ether oxygens (including phenoxy) is 1. The van der Waals surface area contributed by atoms with Crippen LogP contribution in [0.2, 0.25) is 0 Å². The van der Waals surface area contributed by atoms with Gasteiger partial charge in [-0.15, -0.1) is 24.0 Å². The maximum atomic E-state index is 13.1. The van der Waals surface area contributed by atoms with Crippen molar-refractivity contribution in [3.63, 3.8) is 0 Å². The van der Waals surface area contributed by atoms with Gasteiger partial charge in [0, 0.05) is 31.7 Å². The number of guanidine groups is 1. The third-order valence-electron chi connectivity index (χ3n) is 5.41. The number of benzene rings is 1. The Morgan fingerprint density at radius 1 is 1.19 bits per heavy atom. The van der Waals surface area contributed by atoms with Crippen LogP contribution in [0.3, 0.4) is 0 Å². The first-order chi connectivity index (χ1) is 15.1. The van der Waals surface area contributed by atoms with Crippen molar-refractivity contribution in [2.45, 2.75) is 52.0 Å². The Morgan fingerprint density at radius 3 is 2.56 bits per heavy atom. The highest BCUT2D eigenvalue weighted by atomic mass is 127. The number of carbonyl (C=O) groups is 1. The summed E-state index contributed by atoms with van der Waals surface area (Å²) < 4.78 is 20.0. The van der Waals surface area contributed by atoms with E-state index in [1.165, 1.54) is 12.1 Å². The zero-order valence-corrected chi connectivity index (χ0v) is 21.1. The Hall–Kier alpha value is -2.17. The smallest absolute Gasteiger partial charge is 0.308 e. The number of hydrogen-bond donors (Lipinski definition) is 2. The number of halogens is 2. The van der Waals surface area contributed by atoms with E-state index in [-0.39, 0.29) is 41.7 Å². The van der Waals surface area contributed by atoms with E-state index in [0.29, 0.717) is 25.6 Å². The average molecular weight is 557 g/mol. The molecule has 0 radical (unpaired) electrons. The molecule has 1 aromatic heterocycles. The number of rotatable bonds is 8. The molecule has 0 saturated heterocycles. The van der Waals surface area contributed by atoms with Gasteiger partial charge in [0.25, 0.3) is 0 Å². The quantitative estimate of drug-likeness (QED) is 0.223. The number of nitrogens with one attached hydrogen (secondary N) is 2. The number of aliphatic imine (C=N–C) groups is 1.